The van der Waals surface area contributed by atoms with Crippen molar-refractivity contribution < 1.29 is 44.9 Å². The van der Waals surface area contributed by atoms with Crippen molar-refractivity contribution in [2.45, 2.75) is 101 Å². The Bertz CT molecular complexity index is 659. The van der Waals surface area contributed by atoms with Crippen LogP contribution < -0.4 is 0 Å². The van der Waals surface area contributed by atoms with E-state index >= 15 is 0 Å². The van der Waals surface area contributed by atoms with Gasteiger partial charge in [0, 0.05) is 11.5 Å². The molecule has 0 saturated carbocycles. The monoisotopic (exact) mass is 504 g/mol. The summed E-state index contributed by atoms with van der Waals surface area (Å²) in [7, 11) is 0. The van der Waals surface area contributed by atoms with Crippen LogP contribution in [-0.2, 0) is 14.2 Å². The maximum Gasteiger partial charge on any atom is 0.426 e. The normalized spacial score (nSPS) is 24.4. The molecule has 1 saturated heterocycles. The van der Waals surface area contributed by atoms with Gasteiger partial charge in [-0.3, -0.25) is 0 Å². The Labute approximate surface area is 196 Å². The molecule has 0 radical (unpaired) electrons. The minimum Gasteiger partial charge on any atom is -0.348 e. The first-order chi connectivity index (χ1) is 16.0. The van der Waals surface area contributed by atoms with Gasteiger partial charge in [-0.05, 0) is 12.8 Å². The molecular weight excluding hydrogens is 469 g/mol. The lowest BCUT2D eigenvalue weighted by Crippen LogP contribution is -2.57. The average molecular weight is 505 g/mol. The quantitative estimate of drug-likeness (QED) is 0.170. The van der Waals surface area contributed by atoms with E-state index in [1.807, 2.05) is 0 Å². The zero-order chi connectivity index (χ0) is 25.2. The summed E-state index contributed by atoms with van der Waals surface area (Å²) in [6.45, 7) is 0.226. The average Bonchev–Trinajstić information content (AvgIpc) is 2.81. The largest absolute Gasteiger partial charge is 0.426 e. The van der Waals surface area contributed by atoms with E-state index in [1.165, 1.54) is 57.1 Å². The molecule has 1 aliphatic heterocycles. The van der Waals surface area contributed by atoms with Crippen LogP contribution in [0.15, 0.2) is 23.8 Å². The second kappa shape index (κ2) is 13.3. The molecule has 34 heavy (non-hydrogen) atoms. The van der Waals surface area contributed by atoms with Crippen molar-refractivity contribution in [2.24, 2.45) is 5.92 Å². The van der Waals surface area contributed by atoms with Crippen molar-refractivity contribution in [1.29, 1.82) is 0 Å². The SMILES string of the molecule is CCCCCCCCCCC1COC(C2=CCC(OC(F)(F)C(F)(F)C(F)(F)CF)C=C2)OC1. The third-order valence-electron chi connectivity index (χ3n) is 6.09. The highest BCUT2D eigenvalue weighted by Crippen LogP contribution is 2.47. The summed E-state index contributed by atoms with van der Waals surface area (Å²) in [5, 5.41) is 0. The zero-order valence-electron chi connectivity index (χ0n) is 19.5. The third kappa shape index (κ3) is 7.95. The first-order valence-corrected chi connectivity index (χ1v) is 12.0. The summed E-state index contributed by atoms with van der Waals surface area (Å²) in [6.07, 6.45) is 6.48. The first-order valence-electron chi connectivity index (χ1n) is 12.0. The minimum absolute atomic E-state index is 0.263. The molecule has 1 atom stereocenters. The highest BCUT2D eigenvalue weighted by atomic mass is 19.4. The van der Waals surface area contributed by atoms with Gasteiger partial charge in [-0.2, -0.15) is 26.3 Å². The predicted octanol–water partition coefficient (Wildman–Crippen LogP) is 7.61. The lowest BCUT2D eigenvalue weighted by molar-refractivity contribution is -0.405. The summed E-state index contributed by atoms with van der Waals surface area (Å²) >= 11 is 0. The van der Waals surface area contributed by atoms with E-state index in [1.54, 1.807) is 0 Å². The highest BCUT2D eigenvalue weighted by molar-refractivity contribution is 5.27. The Morgan fingerprint density at radius 1 is 0.912 bits per heavy atom. The highest BCUT2D eigenvalue weighted by Gasteiger charge is 2.73. The lowest BCUT2D eigenvalue weighted by Gasteiger charge is -2.34. The number of halogens is 7. The molecular formula is C24H35F7O3. The van der Waals surface area contributed by atoms with E-state index in [0.29, 0.717) is 18.8 Å². The minimum atomic E-state index is -5.99. The summed E-state index contributed by atoms with van der Waals surface area (Å²) in [6, 6.07) is 0. The molecule has 1 fully saturated rings. The van der Waals surface area contributed by atoms with E-state index in [-0.39, 0.29) is 12.3 Å². The Hall–Kier alpha value is -1.13. The number of unbranched alkanes of at least 4 members (excludes halogenated alkanes) is 7. The molecule has 2 aliphatic rings. The van der Waals surface area contributed by atoms with Crippen LogP contribution in [0, 0.1) is 5.92 Å². The fourth-order valence-corrected chi connectivity index (χ4v) is 3.91. The molecule has 3 nitrogen and oxygen atoms in total. The molecule has 0 aromatic heterocycles. The fraction of sp³-hybridized carbons (Fsp3) is 0.833. The smallest absolute Gasteiger partial charge is 0.348 e. The lowest BCUT2D eigenvalue weighted by atomic mass is 9.99. The molecule has 198 valence electrons. The second-order valence-electron chi connectivity index (χ2n) is 9.01. The summed E-state index contributed by atoms with van der Waals surface area (Å²) in [4.78, 5) is 0. The number of rotatable bonds is 15. The summed E-state index contributed by atoms with van der Waals surface area (Å²) in [5.74, 6) is -11.3. The Balaban J connectivity index is 1.70. The predicted molar refractivity (Wildman–Crippen MR) is 114 cm³/mol. The van der Waals surface area contributed by atoms with Crippen molar-refractivity contribution in [3.63, 3.8) is 0 Å². The number of ether oxygens (including phenoxy) is 3. The topological polar surface area (TPSA) is 27.7 Å². The van der Waals surface area contributed by atoms with Gasteiger partial charge in [0.15, 0.2) is 13.0 Å². The Kier molecular flexibility index (Phi) is 11.3. The van der Waals surface area contributed by atoms with Crippen LogP contribution in [0.2, 0.25) is 0 Å². The van der Waals surface area contributed by atoms with Crippen LogP contribution in [-0.4, -0.2) is 50.2 Å². The second-order valence-corrected chi connectivity index (χ2v) is 9.01. The number of hydrogen-bond acceptors (Lipinski definition) is 3. The van der Waals surface area contributed by atoms with E-state index in [9.17, 15) is 30.7 Å². The number of hydrogen-bond donors (Lipinski definition) is 0. The first kappa shape index (κ1) is 29.1. The van der Waals surface area contributed by atoms with E-state index in [0.717, 1.165) is 18.9 Å². The molecule has 0 aromatic rings. The fourth-order valence-electron chi connectivity index (χ4n) is 3.91. The van der Waals surface area contributed by atoms with Crippen LogP contribution in [0.25, 0.3) is 0 Å². The molecule has 0 N–H and O–H groups in total. The van der Waals surface area contributed by atoms with Crippen molar-refractivity contribution in [3.05, 3.63) is 23.8 Å². The van der Waals surface area contributed by atoms with E-state index in [2.05, 4.69) is 11.7 Å². The summed E-state index contributed by atoms with van der Waals surface area (Å²) in [5.41, 5.74) is 0.509. The molecule has 1 aliphatic carbocycles. The maximum atomic E-state index is 13.7. The van der Waals surface area contributed by atoms with Crippen LogP contribution in [0.3, 0.4) is 0 Å². The molecule has 1 heterocycles. The van der Waals surface area contributed by atoms with E-state index in [4.69, 9.17) is 9.47 Å². The van der Waals surface area contributed by atoms with Crippen LogP contribution in [0.4, 0.5) is 30.7 Å². The van der Waals surface area contributed by atoms with Crippen LogP contribution in [0.5, 0.6) is 0 Å². The standard InChI is InChI=1S/C24H35F7O3/c1-2-3-4-5-6-7-8-9-10-18-15-32-21(33-16-18)19-11-13-20(14-12-19)34-24(30,31)23(28,29)22(26,27)17-25/h11-13,18,20-21H,2-10,14-17H2,1H3. The van der Waals surface area contributed by atoms with Crippen LogP contribution >= 0.6 is 0 Å². The Morgan fingerprint density at radius 2 is 1.50 bits per heavy atom. The number of alkyl halides is 7. The van der Waals surface area contributed by atoms with Gasteiger partial charge in [0.2, 0.25) is 0 Å². The van der Waals surface area contributed by atoms with Crippen molar-refractivity contribution in [2.75, 3.05) is 19.9 Å². The van der Waals surface area contributed by atoms with Crippen molar-refractivity contribution in [3.8, 4) is 0 Å². The van der Waals surface area contributed by atoms with Gasteiger partial charge in [-0.1, -0.05) is 76.5 Å². The van der Waals surface area contributed by atoms with Gasteiger partial charge in [-0.15, -0.1) is 0 Å². The molecule has 0 amide bonds. The molecule has 1 unspecified atom stereocenters. The molecule has 0 spiro atoms. The zero-order valence-corrected chi connectivity index (χ0v) is 19.5. The third-order valence-corrected chi connectivity index (χ3v) is 6.09. The van der Waals surface area contributed by atoms with Gasteiger partial charge in [0.05, 0.1) is 19.3 Å². The van der Waals surface area contributed by atoms with Gasteiger partial charge >= 0.3 is 18.0 Å². The van der Waals surface area contributed by atoms with Gasteiger partial charge in [-0.25, -0.2) is 4.39 Å². The molecule has 0 bridgehead atoms. The van der Waals surface area contributed by atoms with Crippen LogP contribution in [0.1, 0.15) is 71.1 Å². The van der Waals surface area contributed by atoms with E-state index < -0.39 is 37.0 Å². The van der Waals surface area contributed by atoms with Gasteiger partial charge in [0.1, 0.15) is 0 Å². The molecule has 0 aromatic carbocycles. The van der Waals surface area contributed by atoms with Gasteiger partial charge in [0.25, 0.3) is 0 Å². The van der Waals surface area contributed by atoms with Crippen molar-refractivity contribution in [1.82, 2.24) is 0 Å². The molecule has 10 heteroatoms. The van der Waals surface area contributed by atoms with Crippen molar-refractivity contribution >= 4 is 0 Å². The maximum absolute atomic E-state index is 13.7. The molecule has 2 rings (SSSR count). The summed E-state index contributed by atoms with van der Waals surface area (Å²) < 4.78 is 107. The van der Waals surface area contributed by atoms with Gasteiger partial charge < -0.3 is 14.2 Å². The Morgan fingerprint density at radius 3 is 2.03 bits per heavy atom.